The van der Waals surface area contributed by atoms with E-state index in [9.17, 15) is 14.4 Å². The number of nitrogens with zero attached hydrogens (tertiary/aromatic N) is 1. The van der Waals surface area contributed by atoms with Gasteiger partial charge in [0, 0.05) is 30.1 Å². The molecule has 2 amide bonds. The normalized spacial score (nSPS) is 15.5. The highest BCUT2D eigenvalue weighted by atomic mass is 16.5. The molecule has 3 aromatic rings. The van der Waals surface area contributed by atoms with Crippen LogP contribution in [0.3, 0.4) is 0 Å². The first-order valence-corrected chi connectivity index (χ1v) is 12.6. The SMILES string of the molecule is CCOC(=O)C1=C(C)N(Cc2cccc(C(=O)NCCc3ccccc3)c2)C(=O)CC1c1ccccc1. The van der Waals surface area contributed by atoms with E-state index in [0.717, 1.165) is 23.1 Å². The molecule has 6 nitrogen and oxygen atoms in total. The van der Waals surface area contributed by atoms with E-state index in [1.165, 1.54) is 0 Å². The molecule has 1 aliphatic heterocycles. The number of rotatable bonds is 9. The Morgan fingerprint density at radius 2 is 1.62 bits per heavy atom. The Bertz CT molecular complexity index is 1280. The van der Waals surface area contributed by atoms with Gasteiger partial charge in [-0.2, -0.15) is 0 Å². The summed E-state index contributed by atoms with van der Waals surface area (Å²) >= 11 is 0. The van der Waals surface area contributed by atoms with Crippen LogP contribution in [-0.2, 0) is 27.3 Å². The van der Waals surface area contributed by atoms with Crippen LogP contribution in [0.25, 0.3) is 0 Å². The molecular weight excluding hydrogens is 464 g/mol. The third-order valence-electron chi connectivity index (χ3n) is 6.59. The van der Waals surface area contributed by atoms with Gasteiger partial charge in [-0.05, 0) is 49.1 Å². The number of hydrogen-bond donors (Lipinski definition) is 1. The summed E-state index contributed by atoms with van der Waals surface area (Å²) in [5, 5.41) is 2.97. The van der Waals surface area contributed by atoms with Crippen LogP contribution in [0.15, 0.2) is 96.2 Å². The summed E-state index contributed by atoms with van der Waals surface area (Å²) in [6, 6.07) is 26.8. The number of hydrogen-bond acceptors (Lipinski definition) is 4. The Morgan fingerprint density at radius 3 is 2.32 bits per heavy atom. The molecule has 0 radical (unpaired) electrons. The van der Waals surface area contributed by atoms with Gasteiger partial charge in [0.05, 0.1) is 18.7 Å². The van der Waals surface area contributed by atoms with Crippen LogP contribution < -0.4 is 5.32 Å². The molecule has 1 atom stereocenters. The van der Waals surface area contributed by atoms with Crippen molar-refractivity contribution in [1.82, 2.24) is 10.2 Å². The lowest BCUT2D eigenvalue weighted by Crippen LogP contribution is -2.38. The van der Waals surface area contributed by atoms with Crippen molar-refractivity contribution in [3.63, 3.8) is 0 Å². The number of nitrogens with one attached hydrogen (secondary N) is 1. The second-order valence-corrected chi connectivity index (χ2v) is 9.06. The van der Waals surface area contributed by atoms with Crippen LogP contribution in [0.4, 0.5) is 0 Å². The minimum absolute atomic E-state index is 0.0721. The fraction of sp³-hybridized carbons (Fsp3) is 0.258. The van der Waals surface area contributed by atoms with Gasteiger partial charge in [-0.25, -0.2) is 4.79 Å². The van der Waals surface area contributed by atoms with E-state index in [2.05, 4.69) is 5.32 Å². The summed E-state index contributed by atoms with van der Waals surface area (Å²) < 4.78 is 5.37. The molecule has 190 valence electrons. The maximum absolute atomic E-state index is 13.3. The summed E-state index contributed by atoms with van der Waals surface area (Å²) in [5.74, 6) is -0.993. The molecule has 1 aliphatic rings. The van der Waals surface area contributed by atoms with Gasteiger partial charge >= 0.3 is 5.97 Å². The molecule has 1 N–H and O–H groups in total. The number of ether oxygens (including phenoxy) is 1. The first kappa shape index (κ1) is 25.9. The maximum Gasteiger partial charge on any atom is 0.336 e. The average molecular weight is 497 g/mol. The molecule has 3 aromatic carbocycles. The summed E-state index contributed by atoms with van der Waals surface area (Å²) in [6.07, 6.45) is 0.924. The number of carbonyl (C=O) groups is 3. The summed E-state index contributed by atoms with van der Waals surface area (Å²) in [6.45, 7) is 4.61. The van der Waals surface area contributed by atoms with Crippen molar-refractivity contribution < 1.29 is 19.1 Å². The van der Waals surface area contributed by atoms with Gasteiger partial charge in [-0.15, -0.1) is 0 Å². The first-order valence-electron chi connectivity index (χ1n) is 12.6. The monoisotopic (exact) mass is 496 g/mol. The van der Waals surface area contributed by atoms with Gasteiger partial charge in [-0.1, -0.05) is 72.8 Å². The van der Waals surface area contributed by atoms with Crippen molar-refractivity contribution in [2.24, 2.45) is 0 Å². The molecule has 0 bridgehead atoms. The standard InChI is InChI=1S/C31H32N2O4/c1-3-37-31(36)29-22(2)33(28(34)20-27(29)25-14-8-5-9-15-25)21-24-13-10-16-26(19-24)30(35)32-18-17-23-11-6-4-7-12-23/h4-16,19,27H,3,17-18,20-21H2,1-2H3,(H,32,35). The molecule has 1 unspecified atom stereocenters. The molecule has 6 heteroatoms. The van der Waals surface area contributed by atoms with Crippen LogP contribution in [0.2, 0.25) is 0 Å². The van der Waals surface area contributed by atoms with Crippen LogP contribution >= 0.6 is 0 Å². The molecular formula is C31H32N2O4. The molecule has 4 rings (SSSR count). The van der Waals surface area contributed by atoms with Gasteiger partial charge in [-0.3, -0.25) is 9.59 Å². The van der Waals surface area contributed by atoms with Crippen molar-refractivity contribution in [3.05, 3.63) is 118 Å². The zero-order valence-electron chi connectivity index (χ0n) is 21.3. The Labute approximate surface area is 218 Å². The van der Waals surface area contributed by atoms with Crippen LogP contribution in [0.1, 0.15) is 53.2 Å². The lowest BCUT2D eigenvalue weighted by molar-refractivity contribution is -0.140. The minimum Gasteiger partial charge on any atom is -0.463 e. The summed E-state index contributed by atoms with van der Waals surface area (Å²) in [4.78, 5) is 40.6. The predicted molar refractivity (Wildman–Crippen MR) is 143 cm³/mol. The van der Waals surface area contributed by atoms with Crippen molar-refractivity contribution >= 4 is 17.8 Å². The molecule has 0 aromatic heterocycles. The highest BCUT2D eigenvalue weighted by molar-refractivity contribution is 5.96. The quantitative estimate of drug-likeness (QED) is 0.423. The fourth-order valence-electron chi connectivity index (χ4n) is 4.71. The number of carbonyl (C=O) groups excluding carboxylic acids is 3. The molecule has 37 heavy (non-hydrogen) atoms. The zero-order chi connectivity index (χ0) is 26.2. The first-order chi connectivity index (χ1) is 18.0. The summed E-state index contributed by atoms with van der Waals surface area (Å²) in [7, 11) is 0. The lowest BCUT2D eigenvalue weighted by atomic mass is 9.83. The second-order valence-electron chi connectivity index (χ2n) is 9.06. The Morgan fingerprint density at radius 1 is 0.946 bits per heavy atom. The number of benzene rings is 3. The van der Waals surface area contributed by atoms with E-state index in [-0.39, 0.29) is 37.3 Å². The molecule has 0 saturated carbocycles. The predicted octanol–water partition coefficient (Wildman–Crippen LogP) is 5.01. The molecule has 0 aliphatic carbocycles. The highest BCUT2D eigenvalue weighted by Gasteiger charge is 2.36. The van der Waals surface area contributed by atoms with Gasteiger partial charge < -0.3 is 15.0 Å². The van der Waals surface area contributed by atoms with E-state index < -0.39 is 5.97 Å². The zero-order valence-corrected chi connectivity index (χ0v) is 21.3. The van der Waals surface area contributed by atoms with Crippen molar-refractivity contribution in [2.45, 2.75) is 39.2 Å². The van der Waals surface area contributed by atoms with E-state index in [1.54, 1.807) is 30.9 Å². The Hall–Kier alpha value is -4.19. The second kappa shape index (κ2) is 12.2. The third kappa shape index (κ3) is 6.33. The fourth-order valence-corrected chi connectivity index (χ4v) is 4.71. The minimum atomic E-state index is -0.405. The van der Waals surface area contributed by atoms with Gasteiger partial charge in [0.1, 0.15) is 0 Å². The van der Waals surface area contributed by atoms with Crippen LogP contribution in [0, 0.1) is 0 Å². The molecule has 0 spiro atoms. The van der Waals surface area contributed by atoms with Crippen molar-refractivity contribution in [3.8, 4) is 0 Å². The number of esters is 1. The third-order valence-corrected chi connectivity index (χ3v) is 6.59. The van der Waals surface area contributed by atoms with E-state index >= 15 is 0 Å². The average Bonchev–Trinajstić information content (AvgIpc) is 2.92. The molecule has 0 saturated heterocycles. The van der Waals surface area contributed by atoms with Gasteiger partial charge in [0.15, 0.2) is 0 Å². The topological polar surface area (TPSA) is 75.7 Å². The molecule has 1 heterocycles. The molecule has 0 fully saturated rings. The number of allylic oxidation sites excluding steroid dienone is 1. The largest absolute Gasteiger partial charge is 0.463 e. The van der Waals surface area contributed by atoms with Gasteiger partial charge in [0.2, 0.25) is 5.91 Å². The van der Waals surface area contributed by atoms with Crippen molar-refractivity contribution in [1.29, 1.82) is 0 Å². The van der Waals surface area contributed by atoms with Crippen molar-refractivity contribution in [2.75, 3.05) is 13.2 Å². The lowest BCUT2D eigenvalue weighted by Gasteiger charge is -2.34. The summed E-state index contributed by atoms with van der Waals surface area (Å²) in [5.41, 5.74) is 4.50. The van der Waals surface area contributed by atoms with Crippen LogP contribution in [-0.4, -0.2) is 35.8 Å². The maximum atomic E-state index is 13.3. The Kier molecular flexibility index (Phi) is 8.52. The smallest absolute Gasteiger partial charge is 0.336 e. The number of amides is 2. The van der Waals surface area contributed by atoms with E-state index in [1.807, 2.05) is 72.8 Å². The highest BCUT2D eigenvalue weighted by Crippen LogP contribution is 2.37. The van der Waals surface area contributed by atoms with E-state index in [4.69, 9.17) is 4.74 Å². The van der Waals surface area contributed by atoms with E-state index in [0.29, 0.717) is 23.4 Å². The van der Waals surface area contributed by atoms with Crippen LogP contribution in [0.5, 0.6) is 0 Å². The Balaban J connectivity index is 1.52. The van der Waals surface area contributed by atoms with Gasteiger partial charge in [0.25, 0.3) is 5.91 Å².